The Hall–Kier alpha value is -1.36. The van der Waals surface area contributed by atoms with Crippen LogP contribution in [0.25, 0.3) is 0 Å². The number of carboxylic acids is 1. The molecule has 0 atom stereocenters. The molecule has 0 radical (unpaired) electrons. The normalized spacial score (nSPS) is 11.2. The first kappa shape index (κ1) is 27.6. The van der Waals surface area contributed by atoms with Gasteiger partial charge in [0.05, 0.1) is 13.0 Å². The predicted molar refractivity (Wildman–Crippen MR) is 120 cm³/mol. The SMILES string of the molecule is CCCCCCCCCCCCCCCCC=CN(CCO)C(=O)CCC(=O)O. The van der Waals surface area contributed by atoms with Crippen LogP contribution in [0.3, 0.4) is 0 Å². The molecule has 0 rings (SSSR count). The molecule has 0 fully saturated rings. The lowest BCUT2D eigenvalue weighted by Gasteiger charge is -2.16. The summed E-state index contributed by atoms with van der Waals surface area (Å²) in [5.41, 5.74) is 0. The standard InChI is InChI=1S/C24H45NO4/c1-2-3-4-5-6-7-8-9-10-11-12-13-14-15-16-17-20-25(21-22-26)23(27)18-19-24(28)29/h17,20,26H,2-16,18-19,21-22H2,1H3,(H,28,29). The van der Waals surface area contributed by atoms with E-state index in [1.54, 1.807) is 6.20 Å². The van der Waals surface area contributed by atoms with Crippen LogP contribution in [0, 0.1) is 0 Å². The molecule has 170 valence electrons. The van der Waals surface area contributed by atoms with E-state index in [0.717, 1.165) is 12.8 Å². The summed E-state index contributed by atoms with van der Waals surface area (Å²) in [5.74, 6) is -1.23. The van der Waals surface area contributed by atoms with E-state index in [2.05, 4.69) is 6.92 Å². The number of carbonyl (C=O) groups is 2. The van der Waals surface area contributed by atoms with Crippen LogP contribution in [-0.2, 0) is 9.59 Å². The van der Waals surface area contributed by atoms with Crippen molar-refractivity contribution in [2.24, 2.45) is 0 Å². The monoisotopic (exact) mass is 411 g/mol. The van der Waals surface area contributed by atoms with Crippen LogP contribution in [0.1, 0.15) is 116 Å². The highest BCUT2D eigenvalue weighted by Crippen LogP contribution is 2.13. The molecular formula is C24H45NO4. The number of nitrogens with zero attached hydrogens (tertiary/aromatic N) is 1. The fourth-order valence-electron chi connectivity index (χ4n) is 3.41. The summed E-state index contributed by atoms with van der Waals surface area (Å²) in [4.78, 5) is 23.9. The van der Waals surface area contributed by atoms with Crippen molar-refractivity contribution in [3.8, 4) is 0 Å². The van der Waals surface area contributed by atoms with Gasteiger partial charge in [0.1, 0.15) is 0 Å². The Morgan fingerprint density at radius 2 is 1.24 bits per heavy atom. The molecular weight excluding hydrogens is 366 g/mol. The van der Waals surface area contributed by atoms with Crippen molar-refractivity contribution in [1.29, 1.82) is 0 Å². The smallest absolute Gasteiger partial charge is 0.303 e. The van der Waals surface area contributed by atoms with Crippen molar-refractivity contribution in [3.05, 3.63) is 12.3 Å². The van der Waals surface area contributed by atoms with E-state index >= 15 is 0 Å². The number of hydrogen-bond donors (Lipinski definition) is 2. The molecule has 0 aliphatic carbocycles. The largest absolute Gasteiger partial charge is 0.481 e. The van der Waals surface area contributed by atoms with E-state index < -0.39 is 5.97 Å². The lowest BCUT2D eigenvalue weighted by Crippen LogP contribution is -2.28. The van der Waals surface area contributed by atoms with Crippen LogP contribution >= 0.6 is 0 Å². The van der Waals surface area contributed by atoms with Crippen molar-refractivity contribution in [2.75, 3.05) is 13.2 Å². The summed E-state index contributed by atoms with van der Waals surface area (Å²) in [6.07, 6.45) is 23.1. The van der Waals surface area contributed by atoms with Crippen molar-refractivity contribution in [2.45, 2.75) is 116 Å². The quantitative estimate of drug-likeness (QED) is 0.225. The van der Waals surface area contributed by atoms with Gasteiger partial charge in [0.2, 0.25) is 5.91 Å². The summed E-state index contributed by atoms with van der Waals surface area (Å²) in [6.45, 7) is 2.36. The van der Waals surface area contributed by atoms with E-state index in [9.17, 15) is 9.59 Å². The summed E-state index contributed by atoms with van der Waals surface area (Å²) < 4.78 is 0. The molecule has 0 saturated carbocycles. The van der Waals surface area contributed by atoms with Crippen LogP contribution in [0.5, 0.6) is 0 Å². The molecule has 0 aliphatic heterocycles. The first-order valence-electron chi connectivity index (χ1n) is 11.9. The zero-order valence-electron chi connectivity index (χ0n) is 18.7. The highest BCUT2D eigenvalue weighted by molar-refractivity contribution is 5.81. The van der Waals surface area contributed by atoms with Crippen LogP contribution < -0.4 is 0 Å². The van der Waals surface area contributed by atoms with Gasteiger partial charge in [-0.15, -0.1) is 0 Å². The Kier molecular flexibility index (Phi) is 20.3. The number of unbranched alkanes of at least 4 members (excludes halogenated alkanes) is 14. The number of amides is 1. The Bertz CT molecular complexity index is 423. The first-order chi connectivity index (χ1) is 14.1. The van der Waals surface area contributed by atoms with Crippen LogP contribution in [-0.4, -0.2) is 40.1 Å². The van der Waals surface area contributed by atoms with Gasteiger partial charge in [0.15, 0.2) is 0 Å². The van der Waals surface area contributed by atoms with Crippen LogP contribution in [0.15, 0.2) is 12.3 Å². The molecule has 1 amide bonds. The van der Waals surface area contributed by atoms with Crippen molar-refractivity contribution in [1.82, 2.24) is 4.90 Å². The van der Waals surface area contributed by atoms with Gasteiger partial charge in [0.25, 0.3) is 0 Å². The first-order valence-corrected chi connectivity index (χ1v) is 11.9. The zero-order valence-corrected chi connectivity index (χ0v) is 18.7. The molecule has 0 heterocycles. The fraction of sp³-hybridized carbons (Fsp3) is 0.833. The zero-order chi connectivity index (χ0) is 21.6. The molecule has 0 aromatic carbocycles. The highest BCUT2D eigenvalue weighted by atomic mass is 16.4. The van der Waals surface area contributed by atoms with Gasteiger partial charge in [-0.05, 0) is 12.8 Å². The minimum atomic E-state index is -0.978. The number of aliphatic carboxylic acids is 1. The van der Waals surface area contributed by atoms with E-state index in [1.165, 1.54) is 88.4 Å². The fourth-order valence-corrected chi connectivity index (χ4v) is 3.41. The molecule has 2 N–H and O–H groups in total. The minimum absolute atomic E-state index is 0.0292. The Morgan fingerprint density at radius 1 is 0.759 bits per heavy atom. The minimum Gasteiger partial charge on any atom is -0.481 e. The van der Waals surface area contributed by atoms with Crippen LogP contribution in [0.2, 0.25) is 0 Å². The number of rotatable bonds is 21. The molecule has 0 saturated heterocycles. The van der Waals surface area contributed by atoms with Crippen molar-refractivity contribution >= 4 is 11.9 Å². The number of aliphatic hydroxyl groups is 1. The number of carbonyl (C=O) groups excluding carboxylic acids is 1. The van der Waals surface area contributed by atoms with Gasteiger partial charge < -0.3 is 15.1 Å². The van der Waals surface area contributed by atoms with E-state index in [1.807, 2.05) is 6.08 Å². The maximum Gasteiger partial charge on any atom is 0.303 e. The Morgan fingerprint density at radius 3 is 1.69 bits per heavy atom. The second-order valence-electron chi connectivity index (χ2n) is 7.97. The van der Waals surface area contributed by atoms with Crippen molar-refractivity contribution in [3.63, 3.8) is 0 Å². The second-order valence-corrected chi connectivity index (χ2v) is 7.97. The van der Waals surface area contributed by atoms with E-state index in [-0.39, 0.29) is 31.9 Å². The Balaban J connectivity index is 3.55. The summed E-state index contributed by atoms with van der Waals surface area (Å²) >= 11 is 0. The summed E-state index contributed by atoms with van der Waals surface area (Å²) in [7, 11) is 0. The molecule has 0 bridgehead atoms. The third-order valence-electron chi connectivity index (χ3n) is 5.22. The van der Waals surface area contributed by atoms with Gasteiger partial charge in [-0.25, -0.2) is 0 Å². The maximum absolute atomic E-state index is 11.9. The average Bonchev–Trinajstić information content (AvgIpc) is 2.70. The molecule has 0 aromatic rings. The highest BCUT2D eigenvalue weighted by Gasteiger charge is 2.11. The molecule has 5 heteroatoms. The lowest BCUT2D eigenvalue weighted by atomic mass is 10.0. The number of carboxylic acid groups (broad SMARTS) is 1. The average molecular weight is 412 g/mol. The second kappa shape index (κ2) is 21.4. The predicted octanol–water partition coefficient (Wildman–Crippen LogP) is 6.06. The molecule has 0 unspecified atom stereocenters. The molecule has 0 spiro atoms. The Labute approximate surface area is 178 Å². The van der Waals surface area contributed by atoms with Crippen molar-refractivity contribution < 1.29 is 19.8 Å². The summed E-state index contributed by atoms with van der Waals surface area (Å²) in [6, 6.07) is 0. The van der Waals surface area contributed by atoms with Gasteiger partial charge in [-0.3, -0.25) is 9.59 Å². The van der Waals surface area contributed by atoms with Gasteiger partial charge in [-0.1, -0.05) is 96.5 Å². The number of hydrogen-bond acceptors (Lipinski definition) is 3. The molecule has 29 heavy (non-hydrogen) atoms. The number of aliphatic hydroxyl groups excluding tert-OH is 1. The van der Waals surface area contributed by atoms with E-state index in [4.69, 9.17) is 10.2 Å². The molecule has 5 nitrogen and oxygen atoms in total. The van der Waals surface area contributed by atoms with E-state index in [0.29, 0.717) is 0 Å². The third-order valence-corrected chi connectivity index (χ3v) is 5.22. The number of allylic oxidation sites excluding steroid dienone is 1. The third kappa shape index (κ3) is 19.7. The van der Waals surface area contributed by atoms with Crippen LogP contribution in [0.4, 0.5) is 0 Å². The summed E-state index contributed by atoms with van der Waals surface area (Å²) in [5, 5.41) is 17.7. The van der Waals surface area contributed by atoms with Gasteiger partial charge in [0, 0.05) is 19.2 Å². The molecule has 0 aliphatic rings. The van der Waals surface area contributed by atoms with Gasteiger partial charge in [-0.2, -0.15) is 0 Å². The maximum atomic E-state index is 11.9. The topological polar surface area (TPSA) is 77.8 Å². The van der Waals surface area contributed by atoms with Gasteiger partial charge >= 0.3 is 5.97 Å². The lowest BCUT2D eigenvalue weighted by molar-refractivity contribution is -0.140. The molecule has 0 aromatic heterocycles.